The van der Waals surface area contributed by atoms with Gasteiger partial charge in [-0.05, 0) is 48.9 Å². The molecule has 7 nitrogen and oxygen atoms in total. The summed E-state index contributed by atoms with van der Waals surface area (Å²) >= 11 is 0. The number of carboxylic acid groups (broad SMARTS) is 2. The number of hydrogen-bond acceptors (Lipinski definition) is 4. The van der Waals surface area contributed by atoms with Crippen LogP contribution in [-0.4, -0.2) is 58.1 Å². The molecule has 1 amide bonds. The van der Waals surface area contributed by atoms with Gasteiger partial charge >= 0.3 is 11.9 Å². The maximum absolute atomic E-state index is 13.3. The van der Waals surface area contributed by atoms with Crippen LogP contribution in [0.2, 0.25) is 0 Å². The van der Waals surface area contributed by atoms with Crippen LogP contribution in [0.1, 0.15) is 36.3 Å². The second-order valence-electron chi connectivity index (χ2n) is 8.07. The third-order valence-electron chi connectivity index (χ3n) is 5.79. The van der Waals surface area contributed by atoms with E-state index in [9.17, 15) is 29.0 Å². The van der Waals surface area contributed by atoms with Gasteiger partial charge in [0, 0.05) is 12.5 Å². The Hall–Kier alpha value is -3.26. The molecule has 1 saturated heterocycles. The second-order valence-corrected chi connectivity index (χ2v) is 8.07. The Morgan fingerprint density at radius 2 is 1.75 bits per heavy atom. The Morgan fingerprint density at radius 1 is 1.06 bits per heavy atom. The minimum atomic E-state index is -1.14. The highest BCUT2D eigenvalue weighted by atomic mass is 19.1. The van der Waals surface area contributed by atoms with E-state index in [1.165, 1.54) is 17.0 Å². The number of carboxylic acids is 2. The highest BCUT2D eigenvalue weighted by molar-refractivity contribution is 5.86. The number of carbonyl (C=O) groups is 3. The van der Waals surface area contributed by atoms with E-state index in [1.54, 1.807) is 12.1 Å². The van der Waals surface area contributed by atoms with E-state index in [0.29, 0.717) is 25.7 Å². The first-order valence-corrected chi connectivity index (χ1v) is 10.6. The van der Waals surface area contributed by atoms with Gasteiger partial charge in [0.05, 0.1) is 6.04 Å². The van der Waals surface area contributed by atoms with Gasteiger partial charge in [-0.25, -0.2) is 4.39 Å². The van der Waals surface area contributed by atoms with Gasteiger partial charge in [0.25, 0.3) is 0 Å². The summed E-state index contributed by atoms with van der Waals surface area (Å²) in [4.78, 5) is 37.5. The monoisotopic (exact) mass is 442 g/mol. The number of rotatable bonds is 9. The van der Waals surface area contributed by atoms with Crippen LogP contribution in [0.5, 0.6) is 0 Å². The Balaban J connectivity index is 1.74. The van der Waals surface area contributed by atoms with Crippen molar-refractivity contribution in [2.75, 3.05) is 13.1 Å². The van der Waals surface area contributed by atoms with E-state index in [1.807, 2.05) is 30.3 Å². The van der Waals surface area contributed by atoms with E-state index < -0.39 is 36.5 Å². The molecule has 1 aliphatic rings. The highest BCUT2D eigenvalue weighted by Crippen LogP contribution is 2.28. The van der Waals surface area contributed by atoms with E-state index in [2.05, 4.69) is 5.32 Å². The van der Waals surface area contributed by atoms with Crippen LogP contribution in [0.15, 0.2) is 54.6 Å². The molecule has 1 fully saturated rings. The van der Waals surface area contributed by atoms with Gasteiger partial charge in [-0.1, -0.05) is 42.5 Å². The number of hydrogen-bond donors (Lipinski definition) is 3. The Bertz CT molecular complexity index is 935. The van der Waals surface area contributed by atoms with Crippen LogP contribution in [0.25, 0.3) is 0 Å². The number of amides is 1. The molecule has 3 N–H and O–H groups in total. The first-order chi connectivity index (χ1) is 15.3. The molecule has 3 unspecified atom stereocenters. The van der Waals surface area contributed by atoms with Crippen molar-refractivity contribution in [3.8, 4) is 0 Å². The molecule has 0 bridgehead atoms. The third-order valence-corrected chi connectivity index (χ3v) is 5.79. The fourth-order valence-electron chi connectivity index (χ4n) is 4.10. The van der Waals surface area contributed by atoms with E-state index >= 15 is 0 Å². The molecule has 0 aliphatic carbocycles. The number of nitrogens with zero attached hydrogens (tertiary/aromatic N) is 1. The maximum Gasteiger partial charge on any atom is 0.323 e. The highest BCUT2D eigenvalue weighted by Gasteiger charge is 2.35. The topological polar surface area (TPSA) is 107 Å². The molecule has 0 aromatic heterocycles. The number of carbonyl (C=O) groups excluding carboxylic acids is 1. The number of likely N-dealkylation sites (tertiary alicyclic amines) is 1. The quantitative estimate of drug-likeness (QED) is 0.551. The third kappa shape index (κ3) is 6.37. The van der Waals surface area contributed by atoms with Crippen LogP contribution in [0.3, 0.4) is 0 Å². The predicted molar refractivity (Wildman–Crippen MR) is 116 cm³/mol. The zero-order valence-electron chi connectivity index (χ0n) is 17.6. The molecule has 170 valence electrons. The molecule has 0 radical (unpaired) electrons. The minimum Gasteiger partial charge on any atom is -0.480 e. The number of aliphatic carboxylic acids is 2. The predicted octanol–water partition coefficient (Wildman–Crippen LogP) is 2.66. The lowest BCUT2D eigenvalue weighted by Gasteiger charge is -2.26. The summed E-state index contributed by atoms with van der Waals surface area (Å²) in [5.74, 6) is -3.17. The van der Waals surface area contributed by atoms with Crippen molar-refractivity contribution in [1.82, 2.24) is 10.2 Å². The molecular weight excluding hydrogens is 415 g/mol. The van der Waals surface area contributed by atoms with Crippen molar-refractivity contribution in [3.63, 3.8) is 0 Å². The smallest absolute Gasteiger partial charge is 0.323 e. The number of aryl methyl sites for hydroxylation is 1. The molecule has 0 saturated carbocycles. The number of nitrogens with one attached hydrogen (secondary N) is 1. The largest absolute Gasteiger partial charge is 0.480 e. The van der Waals surface area contributed by atoms with Gasteiger partial charge in [-0.15, -0.1) is 0 Å². The van der Waals surface area contributed by atoms with Crippen molar-refractivity contribution in [3.05, 3.63) is 71.5 Å². The standard InChI is InChI=1S/C24H27FN2O5/c25-19-10-7-17(8-11-19)18-9-13-20(23(30)27(14-18)15-22(28)29)26-21(24(31)32)12-6-16-4-2-1-3-5-16/h1-5,7-8,10-11,18,20-21,26H,6,9,12-15H2,(H,28,29)(H,31,32). The first kappa shape index (κ1) is 23.4. The minimum absolute atomic E-state index is 0.168. The van der Waals surface area contributed by atoms with Gasteiger partial charge in [0.2, 0.25) is 5.91 Å². The molecule has 8 heteroatoms. The molecule has 1 aliphatic heterocycles. The normalized spacial score (nSPS) is 19.9. The van der Waals surface area contributed by atoms with Crippen molar-refractivity contribution in [2.24, 2.45) is 0 Å². The fourth-order valence-corrected chi connectivity index (χ4v) is 4.10. The number of benzene rings is 2. The fraction of sp³-hybridized carbons (Fsp3) is 0.375. The first-order valence-electron chi connectivity index (χ1n) is 10.6. The average molecular weight is 442 g/mol. The van der Waals surface area contributed by atoms with Crippen LogP contribution in [0.4, 0.5) is 4.39 Å². The SMILES string of the molecule is O=C(O)CN1CC(c2ccc(F)cc2)CCC(NC(CCc2ccccc2)C(=O)O)C1=O. The molecule has 3 atom stereocenters. The van der Waals surface area contributed by atoms with Crippen LogP contribution in [0, 0.1) is 5.82 Å². The van der Waals surface area contributed by atoms with Crippen molar-refractivity contribution in [2.45, 2.75) is 43.7 Å². The molecule has 2 aromatic rings. The van der Waals surface area contributed by atoms with Crippen molar-refractivity contribution >= 4 is 17.8 Å². The maximum atomic E-state index is 13.3. The average Bonchev–Trinajstić information content (AvgIpc) is 2.91. The van der Waals surface area contributed by atoms with Crippen LogP contribution < -0.4 is 5.32 Å². The van der Waals surface area contributed by atoms with Crippen molar-refractivity contribution < 1.29 is 29.0 Å². The Kier molecular flexibility index (Phi) is 7.94. The molecule has 32 heavy (non-hydrogen) atoms. The lowest BCUT2D eigenvalue weighted by atomic mass is 9.93. The molecular formula is C24H27FN2O5. The van der Waals surface area contributed by atoms with Crippen LogP contribution in [-0.2, 0) is 20.8 Å². The lowest BCUT2D eigenvalue weighted by molar-refractivity contribution is -0.146. The summed E-state index contributed by atoms with van der Waals surface area (Å²) in [7, 11) is 0. The van der Waals surface area contributed by atoms with Gasteiger partial charge in [0.1, 0.15) is 18.4 Å². The number of halogens is 1. The Labute approximate surface area is 185 Å². The summed E-state index contributed by atoms with van der Waals surface area (Å²) in [5.41, 5.74) is 1.81. The molecule has 1 heterocycles. The zero-order chi connectivity index (χ0) is 23.1. The zero-order valence-corrected chi connectivity index (χ0v) is 17.6. The summed E-state index contributed by atoms with van der Waals surface area (Å²) in [6, 6.07) is 13.7. The van der Waals surface area contributed by atoms with Gasteiger partial charge in [-0.3, -0.25) is 19.7 Å². The van der Waals surface area contributed by atoms with E-state index in [0.717, 1.165) is 11.1 Å². The molecule has 0 spiro atoms. The Morgan fingerprint density at radius 3 is 2.38 bits per heavy atom. The molecule has 2 aromatic carbocycles. The lowest BCUT2D eigenvalue weighted by Crippen LogP contribution is -2.52. The van der Waals surface area contributed by atoms with Gasteiger partial charge < -0.3 is 15.1 Å². The summed E-state index contributed by atoms with van der Waals surface area (Å²) in [6.07, 6.45) is 1.72. The van der Waals surface area contributed by atoms with Gasteiger partial charge in [0.15, 0.2) is 0 Å². The second kappa shape index (κ2) is 10.9. The van der Waals surface area contributed by atoms with Crippen LogP contribution >= 0.6 is 0 Å². The van der Waals surface area contributed by atoms with E-state index in [4.69, 9.17) is 0 Å². The summed E-state index contributed by atoms with van der Waals surface area (Å²) < 4.78 is 13.3. The van der Waals surface area contributed by atoms with E-state index in [-0.39, 0.29) is 18.3 Å². The summed E-state index contributed by atoms with van der Waals surface area (Å²) in [5, 5.41) is 21.9. The summed E-state index contributed by atoms with van der Waals surface area (Å²) in [6.45, 7) is -0.298. The van der Waals surface area contributed by atoms with Crippen molar-refractivity contribution in [1.29, 1.82) is 0 Å². The molecule has 3 rings (SSSR count). The van der Waals surface area contributed by atoms with Gasteiger partial charge in [-0.2, -0.15) is 0 Å².